The van der Waals surface area contributed by atoms with Crippen LogP contribution in [-0.4, -0.2) is 34.7 Å². The smallest absolute Gasteiger partial charge is 0.326 e. The number of piperidine rings is 1. The van der Waals surface area contributed by atoms with E-state index in [2.05, 4.69) is 16.0 Å². The molecule has 2 aromatic carbocycles. The Morgan fingerprint density at radius 3 is 2.50 bits per heavy atom. The van der Waals surface area contributed by atoms with Gasteiger partial charge in [0, 0.05) is 36.4 Å². The van der Waals surface area contributed by atoms with Crippen LogP contribution in [0.4, 0.5) is 16.2 Å². The van der Waals surface area contributed by atoms with Gasteiger partial charge in [0.2, 0.25) is 11.8 Å². The molecule has 9 nitrogen and oxygen atoms in total. The Morgan fingerprint density at radius 1 is 1.03 bits per heavy atom. The summed E-state index contributed by atoms with van der Waals surface area (Å²) in [6, 6.07) is 10.8. The van der Waals surface area contributed by atoms with Crippen molar-refractivity contribution < 1.29 is 19.2 Å². The van der Waals surface area contributed by atoms with E-state index in [1.807, 2.05) is 11.0 Å². The number of rotatable bonds is 3. The zero-order chi connectivity index (χ0) is 21.3. The molecule has 0 spiro atoms. The predicted octanol–water partition coefficient (Wildman–Crippen LogP) is 1.35. The maximum Gasteiger partial charge on any atom is 0.326 e. The predicted molar refractivity (Wildman–Crippen MR) is 109 cm³/mol. The molecule has 2 aromatic rings. The van der Waals surface area contributed by atoms with Crippen LogP contribution in [-0.2, 0) is 22.7 Å². The minimum absolute atomic E-state index is 0.246. The van der Waals surface area contributed by atoms with Gasteiger partial charge in [-0.1, -0.05) is 6.07 Å². The number of anilines is 2. The molecule has 5 N–H and O–H groups in total. The third kappa shape index (κ3) is 4.15. The Balaban J connectivity index is 1.38. The molecule has 154 valence electrons. The van der Waals surface area contributed by atoms with E-state index < -0.39 is 11.9 Å². The van der Waals surface area contributed by atoms with E-state index in [-0.39, 0.29) is 17.9 Å². The second kappa shape index (κ2) is 7.96. The summed E-state index contributed by atoms with van der Waals surface area (Å²) in [5.41, 5.74) is 8.99. The van der Waals surface area contributed by atoms with Crippen LogP contribution in [0.15, 0.2) is 42.5 Å². The van der Waals surface area contributed by atoms with E-state index in [1.165, 1.54) is 0 Å². The number of nitrogens with two attached hydrogens (primary N) is 1. The van der Waals surface area contributed by atoms with Gasteiger partial charge in [0.1, 0.15) is 0 Å². The molecule has 0 aliphatic carbocycles. The molecular weight excluding hydrogens is 386 g/mol. The van der Waals surface area contributed by atoms with Crippen LogP contribution in [0, 0.1) is 0 Å². The standard InChI is InChI=1S/C21H21N5O4/c22-15-3-5-16(6-4-15)23-21(30)25-19(28)12-1-2-13-10-26(11-14(13)9-12)17-7-8-18(27)24-20(17)29/h1-6,9,17H,7-8,10-11,22H2,(H,24,27,29)(H2,23,25,28,30). The molecule has 0 radical (unpaired) electrons. The Hall–Kier alpha value is -3.72. The molecule has 2 aliphatic heterocycles. The normalized spacial score (nSPS) is 18.5. The minimum Gasteiger partial charge on any atom is -0.399 e. The van der Waals surface area contributed by atoms with Gasteiger partial charge in [-0.3, -0.25) is 29.9 Å². The highest BCUT2D eigenvalue weighted by Crippen LogP contribution is 2.28. The summed E-state index contributed by atoms with van der Waals surface area (Å²) in [5, 5.41) is 7.25. The lowest BCUT2D eigenvalue weighted by Gasteiger charge is -2.29. The fraction of sp³-hybridized carbons (Fsp3) is 0.238. The Bertz CT molecular complexity index is 1030. The van der Waals surface area contributed by atoms with Crippen LogP contribution in [0.3, 0.4) is 0 Å². The Kier molecular flexibility index (Phi) is 5.20. The van der Waals surface area contributed by atoms with Crippen molar-refractivity contribution in [3.05, 3.63) is 59.2 Å². The highest BCUT2D eigenvalue weighted by atomic mass is 16.2. The summed E-state index contributed by atoms with van der Waals surface area (Å²) in [4.78, 5) is 50.0. The average Bonchev–Trinajstić information content (AvgIpc) is 3.12. The van der Waals surface area contributed by atoms with Crippen molar-refractivity contribution in [1.29, 1.82) is 0 Å². The van der Waals surface area contributed by atoms with Crippen LogP contribution < -0.4 is 21.7 Å². The van der Waals surface area contributed by atoms with Gasteiger partial charge in [0.05, 0.1) is 6.04 Å². The molecule has 1 saturated heterocycles. The molecule has 5 amide bonds. The lowest BCUT2D eigenvalue weighted by molar-refractivity contribution is -0.137. The molecule has 1 fully saturated rings. The van der Waals surface area contributed by atoms with Crippen molar-refractivity contribution >= 4 is 35.1 Å². The summed E-state index contributed by atoms with van der Waals surface area (Å²) in [5.74, 6) is -1.05. The fourth-order valence-electron chi connectivity index (χ4n) is 3.72. The quantitative estimate of drug-likeness (QED) is 0.448. The molecule has 1 atom stereocenters. The molecule has 1 unspecified atom stereocenters. The first kappa shape index (κ1) is 19.6. The van der Waals surface area contributed by atoms with Crippen LogP contribution in [0.2, 0.25) is 0 Å². The van der Waals surface area contributed by atoms with Crippen LogP contribution in [0.5, 0.6) is 0 Å². The van der Waals surface area contributed by atoms with E-state index in [0.717, 1.165) is 11.1 Å². The number of carbonyl (C=O) groups is 4. The summed E-state index contributed by atoms with van der Waals surface area (Å²) < 4.78 is 0. The van der Waals surface area contributed by atoms with Gasteiger partial charge in [0.15, 0.2) is 0 Å². The number of nitrogen functional groups attached to an aromatic ring is 1. The fourth-order valence-corrected chi connectivity index (χ4v) is 3.72. The van der Waals surface area contributed by atoms with Crippen LogP contribution >= 0.6 is 0 Å². The molecular formula is C21H21N5O4. The summed E-state index contributed by atoms with van der Waals surface area (Å²) >= 11 is 0. The lowest BCUT2D eigenvalue weighted by Crippen LogP contribution is -2.50. The van der Waals surface area contributed by atoms with Crippen molar-refractivity contribution in [3.63, 3.8) is 0 Å². The Labute approximate surface area is 172 Å². The summed E-state index contributed by atoms with van der Waals surface area (Å²) in [7, 11) is 0. The highest BCUT2D eigenvalue weighted by Gasteiger charge is 2.34. The van der Waals surface area contributed by atoms with Gasteiger partial charge < -0.3 is 11.1 Å². The number of benzene rings is 2. The second-order valence-corrected chi connectivity index (χ2v) is 7.39. The molecule has 0 bridgehead atoms. The first-order chi connectivity index (χ1) is 14.4. The van der Waals surface area contributed by atoms with Gasteiger partial charge in [0.25, 0.3) is 5.91 Å². The lowest BCUT2D eigenvalue weighted by atomic mass is 10.0. The monoisotopic (exact) mass is 407 g/mol. The third-order valence-corrected chi connectivity index (χ3v) is 5.26. The number of carbonyl (C=O) groups excluding carboxylic acids is 4. The zero-order valence-electron chi connectivity index (χ0n) is 16.1. The third-order valence-electron chi connectivity index (χ3n) is 5.26. The van der Waals surface area contributed by atoms with Gasteiger partial charge >= 0.3 is 6.03 Å². The maximum atomic E-state index is 12.5. The number of hydrogen-bond acceptors (Lipinski definition) is 6. The molecule has 30 heavy (non-hydrogen) atoms. The zero-order valence-corrected chi connectivity index (χ0v) is 16.1. The van der Waals surface area contributed by atoms with Crippen molar-refractivity contribution in [2.75, 3.05) is 11.1 Å². The SMILES string of the molecule is Nc1ccc(NC(=O)NC(=O)c2ccc3c(c2)CN(C2CCC(=O)NC2=O)C3)cc1. The minimum atomic E-state index is -0.643. The summed E-state index contributed by atoms with van der Waals surface area (Å²) in [6.45, 7) is 1.07. The Morgan fingerprint density at radius 2 is 1.77 bits per heavy atom. The van der Waals surface area contributed by atoms with Crippen molar-refractivity contribution in [2.24, 2.45) is 0 Å². The van der Waals surface area contributed by atoms with E-state index in [9.17, 15) is 19.2 Å². The number of amides is 5. The van der Waals surface area contributed by atoms with Crippen molar-refractivity contribution in [3.8, 4) is 0 Å². The number of nitrogens with one attached hydrogen (secondary N) is 3. The first-order valence-corrected chi connectivity index (χ1v) is 9.56. The molecule has 2 heterocycles. The van der Waals surface area contributed by atoms with E-state index in [4.69, 9.17) is 5.73 Å². The maximum absolute atomic E-state index is 12.5. The van der Waals surface area contributed by atoms with Gasteiger partial charge in [-0.2, -0.15) is 0 Å². The van der Waals surface area contributed by atoms with Crippen molar-refractivity contribution in [2.45, 2.75) is 32.0 Å². The first-order valence-electron chi connectivity index (χ1n) is 9.56. The number of fused-ring (bicyclic) bond motifs is 1. The molecule has 9 heteroatoms. The van der Waals surface area contributed by atoms with Crippen molar-refractivity contribution in [1.82, 2.24) is 15.5 Å². The largest absolute Gasteiger partial charge is 0.399 e. The topological polar surface area (TPSA) is 134 Å². The molecule has 4 rings (SSSR count). The van der Waals surface area contributed by atoms with E-state index >= 15 is 0 Å². The second-order valence-electron chi connectivity index (χ2n) is 7.39. The van der Waals surface area contributed by atoms with Gasteiger partial charge in [-0.05, 0) is 53.9 Å². The van der Waals surface area contributed by atoms with E-state index in [0.29, 0.717) is 42.9 Å². The number of nitrogens with zero attached hydrogens (tertiary/aromatic N) is 1. The van der Waals surface area contributed by atoms with E-state index in [1.54, 1.807) is 36.4 Å². The van der Waals surface area contributed by atoms with Gasteiger partial charge in [-0.15, -0.1) is 0 Å². The number of urea groups is 1. The molecule has 0 saturated carbocycles. The van der Waals surface area contributed by atoms with Crippen LogP contribution in [0.1, 0.15) is 34.3 Å². The van der Waals surface area contributed by atoms with Crippen LogP contribution in [0.25, 0.3) is 0 Å². The highest BCUT2D eigenvalue weighted by molar-refractivity contribution is 6.08. The number of hydrogen-bond donors (Lipinski definition) is 4. The summed E-state index contributed by atoms with van der Waals surface area (Å²) in [6.07, 6.45) is 0.803. The molecule has 0 aromatic heterocycles. The molecule has 2 aliphatic rings. The number of imide groups is 2. The van der Waals surface area contributed by atoms with Gasteiger partial charge in [-0.25, -0.2) is 4.79 Å². The average molecular weight is 407 g/mol.